The van der Waals surface area contributed by atoms with Crippen LogP contribution in [0.4, 0.5) is 52.7 Å². The first-order chi connectivity index (χ1) is 49.0. The van der Waals surface area contributed by atoms with Gasteiger partial charge in [-0.2, -0.15) is 43.9 Å². The smallest absolute Gasteiger partial charge is 0.488 e. The SMILES string of the molecule is C=C(c1ccccc1)c1ccc(OCC(C)(F)F)cc1.C=Cc1ccccc1.CCC(C)CCC(CC(CCO)(c1ccccc1)c1ccc(OCC(F)(F)C(F)(F)F)cc1)c1ccccc1.CCC(C)CCC(C[C-](c1ccccc1)c1ccc(OCC(F)(F)C(F)(F)F)cc1)c1ccccc1.[Li+]. The molecular weight excluding hydrogens is 1340 g/mol. The largest absolute Gasteiger partial charge is 1.00 e. The Bertz CT molecular complexity index is 3820. The molecule has 0 amide bonds. The molecule has 1 N–H and O–H groups in total. The van der Waals surface area contributed by atoms with E-state index < -0.39 is 55.4 Å². The summed E-state index contributed by atoms with van der Waals surface area (Å²) in [7, 11) is 0. The van der Waals surface area contributed by atoms with Crippen LogP contribution in [0.15, 0.2) is 268 Å². The summed E-state index contributed by atoms with van der Waals surface area (Å²) in [5.41, 5.74) is 9.61. The molecule has 0 saturated heterocycles. The fourth-order valence-electron chi connectivity index (χ4n) is 11.5. The summed E-state index contributed by atoms with van der Waals surface area (Å²) in [6, 6.07) is 79.8. The predicted molar refractivity (Wildman–Crippen MR) is 391 cm³/mol. The van der Waals surface area contributed by atoms with Crippen LogP contribution in [0.2, 0.25) is 0 Å². The van der Waals surface area contributed by atoms with Crippen molar-refractivity contribution in [3.63, 3.8) is 0 Å². The average molecular weight is 1440 g/mol. The number of alkyl halides is 12. The maximum absolute atomic E-state index is 13.4. The maximum Gasteiger partial charge on any atom is 1.00 e. The Morgan fingerprint density at radius 2 is 0.798 bits per heavy atom. The summed E-state index contributed by atoms with van der Waals surface area (Å²) in [4.78, 5) is 0. The quantitative estimate of drug-likeness (QED) is 0.0259. The molecule has 0 heterocycles. The molecule has 9 rings (SSSR count). The number of hydrogen-bond donors (Lipinski definition) is 1. The summed E-state index contributed by atoms with van der Waals surface area (Å²) >= 11 is 0. The Labute approximate surface area is 618 Å². The molecule has 0 spiro atoms. The fraction of sp³-hybridized carbons (Fsp3) is 0.322. The van der Waals surface area contributed by atoms with Gasteiger partial charge in [-0.25, -0.2) is 8.78 Å². The minimum absolute atomic E-state index is 0. The van der Waals surface area contributed by atoms with Crippen molar-refractivity contribution >= 4 is 11.6 Å². The topological polar surface area (TPSA) is 47.9 Å². The van der Waals surface area contributed by atoms with Crippen LogP contribution in [0.3, 0.4) is 0 Å². The molecule has 0 aromatic heterocycles. The van der Waals surface area contributed by atoms with E-state index in [-0.39, 0.29) is 48.8 Å². The molecule has 550 valence electrons. The van der Waals surface area contributed by atoms with Crippen molar-refractivity contribution in [2.45, 2.75) is 140 Å². The van der Waals surface area contributed by atoms with Gasteiger partial charge in [-0.05, 0) is 125 Å². The first kappa shape index (κ1) is 86.1. The van der Waals surface area contributed by atoms with Crippen molar-refractivity contribution in [1.82, 2.24) is 0 Å². The third kappa shape index (κ3) is 27.5. The molecule has 0 saturated carbocycles. The Balaban J connectivity index is 0.000000274. The maximum atomic E-state index is 13.4. The number of aliphatic hydroxyl groups excluding tert-OH is 1. The molecule has 0 bridgehead atoms. The van der Waals surface area contributed by atoms with E-state index in [1.807, 2.05) is 176 Å². The van der Waals surface area contributed by atoms with Crippen LogP contribution < -0.4 is 33.1 Å². The zero-order chi connectivity index (χ0) is 75.1. The van der Waals surface area contributed by atoms with E-state index >= 15 is 0 Å². The first-order valence-corrected chi connectivity index (χ1v) is 34.6. The van der Waals surface area contributed by atoms with E-state index in [4.69, 9.17) is 14.2 Å². The Hall–Kier alpha value is -8.55. The van der Waals surface area contributed by atoms with Crippen LogP contribution >= 0.6 is 0 Å². The van der Waals surface area contributed by atoms with Gasteiger partial charge in [-0.3, -0.25) is 0 Å². The Morgan fingerprint density at radius 3 is 1.21 bits per heavy atom. The van der Waals surface area contributed by atoms with Gasteiger partial charge in [0.05, 0.1) is 0 Å². The molecule has 0 fully saturated rings. The van der Waals surface area contributed by atoms with Crippen LogP contribution in [0.25, 0.3) is 11.6 Å². The third-order valence-corrected chi connectivity index (χ3v) is 18.1. The van der Waals surface area contributed by atoms with Crippen LogP contribution in [-0.4, -0.2) is 61.7 Å². The van der Waals surface area contributed by atoms with Crippen molar-refractivity contribution in [3.05, 3.63) is 324 Å². The molecule has 17 heteroatoms. The number of benzene rings is 9. The summed E-state index contributed by atoms with van der Waals surface area (Å²) in [6.45, 7) is 13.1. The van der Waals surface area contributed by atoms with Gasteiger partial charge in [-0.1, -0.05) is 279 Å². The second-order valence-electron chi connectivity index (χ2n) is 25.9. The molecule has 9 aromatic carbocycles. The molecule has 0 aliphatic carbocycles. The molecule has 4 nitrogen and oxygen atoms in total. The van der Waals surface area contributed by atoms with Crippen molar-refractivity contribution in [2.24, 2.45) is 11.8 Å². The molecule has 5 unspecified atom stereocenters. The third-order valence-electron chi connectivity index (χ3n) is 18.1. The summed E-state index contributed by atoms with van der Waals surface area (Å²) in [5.74, 6) is -9.67. The molecule has 0 aliphatic rings. The van der Waals surface area contributed by atoms with Gasteiger partial charge in [0.15, 0.2) is 19.8 Å². The van der Waals surface area contributed by atoms with Crippen molar-refractivity contribution < 1.29 is 90.9 Å². The number of hydrogen-bond acceptors (Lipinski definition) is 4. The van der Waals surface area contributed by atoms with E-state index in [2.05, 4.69) is 65.1 Å². The molecule has 5 atom stereocenters. The van der Waals surface area contributed by atoms with Crippen molar-refractivity contribution in [2.75, 3.05) is 26.4 Å². The molecule has 0 radical (unpaired) electrons. The number of ether oxygens (including phenoxy) is 3. The van der Waals surface area contributed by atoms with Gasteiger partial charge in [0.1, 0.15) is 17.2 Å². The van der Waals surface area contributed by atoms with E-state index in [9.17, 15) is 57.8 Å². The minimum Gasteiger partial charge on any atom is -0.488 e. The van der Waals surface area contributed by atoms with Gasteiger partial charge in [0, 0.05) is 18.9 Å². The second-order valence-corrected chi connectivity index (χ2v) is 25.9. The van der Waals surface area contributed by atoms with E-state index in [1.165, 1.54) is 41.0 Å². The van der Waals surface area contributed by atoms with Crippen LogP contribution in [0.1, 0.15) is 154 Å². The average Bonchev–Trinajstić information content (AvgIpc) is 0.767. The van der Waals surface area contributed by atoms with E-state index in [0.29, 0.717) is 30.4 Å². The van der Waals surface area contributed by atoms with Gasteiger partial charge >= 0.3 is 43.1 Å². The summed E-state index contributed by atoms with van der Waals surface area (Å²) in [6.07, 6.45) is -1.34. The number of aliphatic hydroxyl groups is 1. The zero-order valence-corrected chi connectivity index (χ0v) is 59.9. The second kappa shape index (κ2) is 41.8. The van der Waals surface area contributed by atoms with Gasteiger partial charge < -0.3 is 19.3 Å². The van der Waals surface area contributed by atoms with E-state index in [1.54, 1.807) is 36.4 Å². The van der Waals surface area contributed by atoms with Gasteiger partial charge in [0.25, 0.3) is 5.92 Å². The fourth-order valence-corrected chi connectivity index (χ4v) is 11.5. The molecular formula is C87H93F12LiO4. The predicted octanol–water partition coefficient (Wildman–Crippen LogP) is 22.3. The summed E-state index contributed by atoms with van der Waals surface area (Å²) < 4.78 is 168. The van der Waals surface area contributed by atoms with Gasteiger partial charge in [-0.15, -0.1) is 41.3 Å². The summed E-state index contributed by atoms with van der Waals surface area (Å²) in [5, 5.41) is 10.3. The number of rotatable bonds is 32. The van der Waals surface area contributed by atoms with E-state index in [0.717, 1.165) is 96.7 Å². The van der Waals surface area contributed by atoms with Gasteiger partial charge in [0.2, 0.25) is 0 Å². The standard InChI is InChI=1S/C32H37F5O2.C30H32F5O.C17H16F2O.C8H8.Li/c1-3-24(2)14-15-26(25-10-6-4-7-11-25)22-30(20-21-38,27-12-8-5-9-13-27)28-16-18-29(19-17-28)39-23-31(33,34)32(35,36)37;1-3-22(2)14-15-26(23-10-6-4-7-11-23)20-28(24-12-8-5-9-13-24)25-16-18-27(19-17-25)36-21-29(31,32)30(33,34)35;1-13(14-6-4-3-5-7-14)15-8-10-16(11-9-15)20-12-17(2,18)19;1-2-8-6-4-3-5-7-8;/h4-13,16-19,24,26,38H,3,14-15,20-23H2,1-2H3;4-13,16-19,22,26H,3,14-15,20-21H2,1-2H3;3-11H,1,12H2,2H3;2-7H,1H2;/q;-1;;;+1. The van der Waals surface area contributed by atoms with Crippen LogP contribution in [0.5, 0.6) is 17.2 Å². The Kier molecular flexibility index (Phi) is 34.6. The number of halogens is 12. The normalized spacial score (nSPS) is 13.3. The van der Waals surface area contributed by atoms with Crippen molar-refractivity contribution in [3.8, 4) is 17.2 Å². The van der Waals surface area contributed by atoms with Crippen LogP contribution in [0, 0.1) is 17.8 Å². The van der Waals surface area contributed by atoms with Crippen LogP contribution in [-0.2, 0) is 5.41 Å². The molecule has 104 heavy (non-hydrogen) atoms. The minimum atomic E-state index is -5.68. The first-order valence-electron chi connectivity index (χ1n) is 34.6. The molecule has 0 aliphatic heterocycles. The Morgan fingerprint density at radius 1 is 0.442 bits per heavy atom. The zero-order valence-electron chi connectivity index (χ0n) is 59.9. The molecule has 9 aromatic rings. The monoisotopic (exact) mass is 1440 g/mol. The van der Waals surface area contributed by atoms with Crippen molar-refractivity contribution in [1.29, 1.82) is 0 Å².